The van der Waals surface area contributed by atoms with Gasteiger partial charge in [0.15, 0.2) is 5.79 Å². The number of aliphatic hydroxyl groups is 1. The van der Waals surface area contributed by atoms with Gasteiger partial charge >= 0.3 is 0 Å². The molecule has 5 rings (SSSR count). The van der Waals surface area contributed by atoms with Gasteiger partial charge in [0.05, 0.1) is 18.1 Å². The Morgan fingerprint density at radius 3 is 2.43 bits per heavy atom. The first-order valence-corrected chi connectivity index (χ1v) is 11.2. The molecule has 2 saturated heterocycles. The zero-order chi connectivity index (χ0) is 21.9. The van der Waals surface area contributed by atoms with Crippen LogP contribution in [0.15, 0.2) is 12.1 Å². The van der Waals surface area contributed by atoms with E-state index in [1.165, 1.54) is 0 Å². The number of ketones is 1. The molecule has 30 heavy (non-hydrogen) atoms. The van der Waals surface area contributed by atoms with Crippen molar-refractivity contribution >= 4 is 5.78 Å². The summed E-state index contributed by atoms with van der Waals surface area (Å²) in [6.07, 6.45) is 1.31. The van der Waals surface area contributed by atoms with Crippen LogP contribution in [0.4, 0.5) is 0 Å². The monoisotopic (exact) mass is 414 g/mol. The van der Waals surface area contributed by atoms with Crippen molar-refractivity contribution in [1.82, 2.24) is 0 Å². The summed E-state index contributed by atoms with van der Waals surface area (Å²) in [5, 5.41) is 11.4. The molecule has 2 aliphatic heterocycles. The summed E-state index contributed by atoms with van der Waals surface area (Å²) in [7, 11) is 1.66. The summed E-state index contributed by atoms with van der Waals surface area (Å²) >= 11 is 0. The summed E-state index contributed by atoms with van der Waals surface area (Å²) in [4.78, 5) is 13.7. The average molecular weight is 415 g/mol. The Labute approximate surface area is 179 Å². The lowest BCUT2D eigenvalue weighted by molar-refractivity contribution is -0.383. The first-order valence-electron chi connectivity index (χ1n) is 11.2. The third-order valence-electron chi connectivity index (χ3n) is 9.49. The molecular formula is C25H34O5. The Bertz CT molecular complexity index is 938. The number of methoxy groups -OCH3 is 1. The number of hydrogen-bond acceptors (Lipinski definition) is 5. The van der Waals surface area contributed by atoms with E-state index in [2.05, 4.69) is 19.9 Å². The van der Waals surface area contributed by atoms with Crippen molar-refractivity contribution in [2.45, 2.75) is 83.9 Å². The van der Waals surface area contributed by atoms with E-state index in [9.17, 15) is 9.90 Å². The first-order chi connectivity index (χ1) is 14.0. The summed E-state index contributed by atoms with van der Waals surface area (Å²) < 4.78 is 19.2. The highest BCUT2D eigenvalue weighted by Crippen LogP contribution is 2.71. The molecular weight excluding hydrogens is 380 g/mol. The average Bonchev–Trinajstić information content (AvgIpc) is 3.02. The summed E-state index contributed by atoms with van der Waals surface area (Å²) in [6.45, 7) is 12.3. The molecule has 3 fully saturated rings. The lowest BCUT2D eigenvalue weighted by atomic mass is 9.54. The minimum absolute atomic E-state index is 0.0727. The lowest BCUT2D eigenvalue weighted by Crippen LogP contribution is -2.68. The number of ether oxygens (including phenoxy) is 3. The van der Waals surface area contributed by atoms with Gasteiger partial charge in [0.25, 0.3) is 0 Å². The molecule has 0 amide bonds. The van der Waals surface area contributed by atoms with Crippen LogP contribution in [0.1, 0.15) is 64.2 Å². The minimum atomic E-state index is -1.10. The number of hydrogen-bond donors (Lipinski definition) is 1. The Kier molecular flexibility index (Phi) is 4.01. The molecule has 0 radical (unpaired) electrons. The highest BCUT2D eigenvalue weighted by molar-refractivity contribution is 5.92. The molecule has 0 aromatic heterocycles. The number of benzene rings is 1. The lowest BCUT2D eigenvalue weighted by Gasteiger charge is -2.60. The van der Waals surface area contributed by atoms with Crippen molar-refractivity contribution in [3.63, 3.8) is 0 Å². The molecule has 2 heterocycles. The van der Waals surface area contributed by atoms with E-state index in [0.29, 0.717) is 6.42 Å². The maximum absolute atomic E-state index is 13.7. The van der Waals surface area contributed by atoms with Gasteiger partial charge in [0.1, 0.15) is 23.2 Å². The van der Waals surface area contributed by atoms with Crippen LogP contribution in [0.5, 0.6) is 5.75 Å². The van der Waals surface area contributed by atoms with Crippen LogP contribution < -0.4 is 4.74 Å². The smallest absolute Gasteiger partial charge is 0.199 e. The van der Waals surface area contributed by atoms with Crippen LogP contribution in [0.2, 0.25) is 0 Å². The second-order valence-electron chi connectivity index (χ2n) is 10.7. The van der Waals surface area contributed by atoms with Crippen molar-refractivity contribution in [2.75, 3.05) is 7.11 Å². The van der Waals surface area contributed by atoms with Gasteiger partial charge in [0.2, 0.25) is 0 Å². The Hall–Kier alpha value is -1.43. The van der Waals surface area contributed by atoms with E-state index in [4.69, 9.17) is 14.2 Å². The fourth-order valence-electron chi connectivity index (χ4n) is 7.30. The molecule has 0 unspecified atom stereocenters. The topological polar surface area (TPSA) is 65.0 Å². The zero-order valence-corrected chi connectivity index (χ0v) is 19.2. The van der Waals surface area contributed by atoms with Crippen LogP contribution in [-0.4, -0.2) is 35.5 Å². The van der Waals surface area contributed by atoms with Gasteiger partial charge in [-0.15, -0.1) is 0 Å². The van der Waals surface area contributed by atoms with Crippen LogP contribution in [0.3, 0.4) is 0 Å². The minimum Gasteiger partial charge on any atom is -0.496 e. The van der Waals surface area contributed by atoms with E-state index >= 15 is 0 Å². The molecule has 1 saturated carbocycles. The Morgan fingerprint density at radius 2 is 1.83 bits per heavy atom. The molecule has 7 atom stereocenters. The second kappa shape index (κ2) is 5.87. The number of aliphatic hydroxyl groups excluding tert-OH is 1. The standard InChI is InChI=1S/C25H34O5/c1-13-16-12-20(26)23(6)17-10-11-24(23,18(16)8-9-19(13)28-7)30-25(14(17)2)21(27)15(3)22(4,5)29-25/h8-9,14-15,17,21,27H,10-12H2,1-7H3/t14-,15-,17+,21+,23-,24-,25-/m0/s1. The molecule has 2 bridgehead atoms. The number of fused-ring (bicyclic) bond motifs is 1. The number of carbonyl (C=O) groups excluding carboxylic acids is 1. The van der Waals surface area contributed by atoms with Crippen molar-refractivity contribution < 1.29 is 24.1 Å². The fourth-order valence-corrected chi connectivity index (χ4v) is 7.30. The van der Waals surface area contributed by atoms with Crippen LogP contribution in [0, 0.1) is 30.1 Å². The Balaban J connectivity index is 1.75. The maximum atomic E-state index is 13.7. The molecule has 2 aliphatic carbocycles. The quantitative estimate of drug-likeness (QED) is 0.755. The van der Waals surface area contributed by atoms with Crippen LogP contribution in [0.25, 0.3) is 0 Å². The van der Waals surface area contributed by atoms with Gasteiger partial charge in [-0.3, -0.25) is 4.79 Å². The largest absolute Gasteiger partial charge is 0.496 e. The number of Topliss-reactive ketones (excluding diaryl/α,β-unsaturated/α-hetero) is 1. The normalized spacial score (nSPS) is 46.1. The molecule has 5 nitrogen and oxygen atoms in total. The molecule has 1 aromatic carbocycles. The van der Waals surface area contributed by atoms with Crippen molar-refractivity contribution in [3.05, 3.63) is 28.8 Å². The fraction of sp³-hybridized carbons (Fsp3) is 0.720. The second-order valence-corrected chi connectivity index (χ2v) is 10.7. The van der Waals surface area contributed by atoms with Gasteiger partial charge in [-0.1, -0.05) is 19.9 Å². The van der Waals surface area contributed by atoms with Gasteiger partial charge in [-0.2, -0.15) is 0 Å². The molecule has 1 spiro atoms. The van der Waals surface area contributed by atoms with Gasteiger partial charge in [-0.05, 0) is 69.2 Å². The predicted molar refractivity (Wildman–Crippen MR) is 112 cm³/mol. The van der Waals surface area contributed by atoms with Crippen molar-refractivity contribution in [2.24, 2.45) is 23.2 Å². The van der Waals surface area contributed by atoms with Gasteiger partial charge in [0, 0.05) is 18.3 Å². The molecule has 5 heteroatoms. The van der Waals surface area contributed by atoms with E-state index in [1.54, 1.807) is 7.11 Å². The van der Waals surface area contributed by atoms with Crippen molar-refractivity contribution in [1.29, 1.82) is 0 Å². The zero-order valence-electron chi connectivity index (χ0n) is 19.2. The third-order valence-corrected chi connectivity index (χ3v) is 9.49. The van der Waals surface area contributed by atoms with Crippen LogP contribution >= 0.6 is 0 Å². The summed E-state index contributed by atoms with van der Waals surface area (Å²) in [6, 6.07) is 4.06. The van der Waals surface area contributed by atoms with Gasteiger partial charge < -0.3 is 19.3 Å². The van der Waals surface area contributed by atoms with E-state index in [-0.39, 0.29) is 23.5 Å². The van der Waals surface area contributed by atoms with Crippen molar-refractivity contribution in [3.8, 4) is 5.75 Å². The number of carbonyl (C=O) groups is 1. The van der Waals surface area contributed by atoms with Crippen LogP contribution in [-0.2, 0) is 26.3 Å². The summed E-state index contributed by atoms with van der Waals surface area (Å²) in [5.41, 5.74) is 1.18. The third kappa shape index (κ3) is 2.03. The predicted octanol–water partition coefficient (Wildman–Crippen LogP) is 3.91. The highest BCUT2D eigenvalue weighted by atomic mass is 16.7. The van der Waals surface area contributed by atoms with Gasteiger partial charge in [-0.25, -0.2) is 0 Å². The Morgan fingerprint density at radius 1 is 1.13 bits per heavy atom. The first kappa shape index (κ1) is 20.5. The SMILES string of the molecule is COc1ccc2c(c1C)CC(=O)[C@]1(C)[C@@H]3CC[C@]21O[C@@]1(OC(C)(C)[C@@H](C)[C@H]1O)[C@H]3C. The van der Waals surface area contributed by atoms with E-state index in [0.717, 1.165) is 35.3 Å². The molecule has 1 aromatic rings. The maximum Gasteiger partial charge on any atom is 0.199 e. The number of rotatable bonds is 1. The highest BCUT2D eigenvalue weighted by Gasteiger charge is 2.77. The van der Waals surface area contributed by atoms with E-state index < -0.39 is 28.5 Å². The molecule has 1 N–H and O–H groups in total. The summed E-state index contributed by atoms with van der Waals surface area (Å²) in [5.74, 6) is -0.132. The molecule has 4 aliphatic rings. The van der Waals surface area contributed by atoms with E-state index in [1.807, 2.05) is 33.8 Å². The molecule has 164 valence electrons.